The number of methoxy groups -OCH3 is 1. The molecule has 0 radical (unpaired) electrons. The highest BCUT2D eigenvalue weighted by molar-refractivity contribution is 5.79. The number of rotatable bonds is 9. The van der Waals surface area contributed by atoms with Gasteiger partial charge in [-0.3, -0.25) is 14.5 Å². The third-order valence-corrected chi connectivity index (χ3v) is 6.73. The first kappa shape index (κ1) is 23.9. The molecular weight excluding hydrogens is 436 g/mol. The number of hydrogen-bond acceptors (Lipinski definition) is 6. The third kappa shape index (κ3) is 4.68. The number of fused-ring (bicyclic) bond motifs is 1. The number of aliphatic carboxylic acids is 1. The van der Waals surface area contributed by atoms with E-state index in [1.54, 1.807) is 7.11 Å². The number of carbonyl (C=O) groups excluding carboxylic acids is 1. The van der Waals surface area contributed by atoms with E-state index in [0.29, 0.717) is 36.9 Å². The van der Waals surface area contributed by atoms with Crippen LogP contribution in [0.5, 0.6) is 17.2 Å². The predicted molar refractivity (Wildman–Crippen MR) is 126 cm³/mol. The van der Waals surface area contributed by atoms with Crippen LogP contribution in [0.1, 0.15) is 43.4 Å². The fourth-order valence-corrected chi connectivity index (χ4v) is 5.08. The number of benzene rings is 2. The molecule has 2 aliphatic heterocycles. The van der Waals surface area contributed by atoms with Gasteiger partial charge in [-0.2, -0.15) is 0 Å². The first-order valence-electron chi connectivity index (χ1n) is 11.7. The molecular formula is C26H32N2O6. The minimum Gasteiger partial charge on any atom is -0.497 e. The Morgan fingerprint density at radius 3 is 2.44 bits per heavy atom. The topological polar surface area (TPSA) is 88.5 Å². The Labute approximate surface area is 200 Å². The summed E-state index contributed by atoms with van der Waals surface area (Å²) < 4.78 is 16.3. The molecule has 1 saturated heterocycles. The number of likely N-dealkylation sites (N-methyl/N-ethyl adjacent to an activating group) is 1. The Morgan fingerprint density at radius 2 is 1.79 bits per heavy atom. The number of carboxylic acid groups (broad SMARTS) is 1. The monoisotopic (exact) mass is 468 g/mol. The van der Waals surface area contributed by atoms with Crippen molar-refractivity contribution in [2.75, 3.05) is 40.1 Å². The molecule has 2 aliphatic rings. The molecule has 1 amide bonds. The zero-order valence-electron chi connectivity index (χ0n) is 19.9. The molecule has 2 aromatic carbocycles. The van der Waals surface area contributed by atoms with Crippen molar-refractivity contribution in [1.29, 1.82) is 0 Å². The molecule has 8 heteroatoms. The summed E-state index contributed by atoms with van der Waals surface area (Å²) in [5, 5.41) is 10.4. The van der Waals surface area contributed by atoms with Crippen molar-refractivity contribution >= 4 is 11.9 Å². The van der Waals surface area contributed by atoms with E-state index in [9.17, 15) is 14.7 Å². The Bertz CT molecular complexity index is 1020. The van der Waals surface area contributed by atoms with Crippen molar-refractivity contribution in [3.63, 3.8) is 0 Å². The van der Waals surface area contributed by atoms with E-state index in [1.165, 1.54) is 0 Å². The molecule has 3 atom stereocenters. The van der Waals surface area contributed by atoms with Gasteiger partial charge in [0.1, 0.15) is 5.75 Å². The van der Waals surface area contributed by atoms with Gasteiger partial charge in [0.2, 0.25) is 12.7 Å². The van der Waals surface area contributed by atoms with Crippen LogP contribution in [-0.4, -0.2) is 66.9 Å². The second kappa shape index (κ2) is 10.3. The van der Waals surface area contributed by atoms with Crippen LogP contribution in [0.2, 0.25) is 0 Å². The lowest BCUT2D eigenvalue weighted by Gasteiger charge is -2.29. The molecule has 2 heterocycles. The molecule has 1 N–H and O–H groups in total. The van der Waals surface area contributed by atoms with Crippen LogP contribution in [0.15, 0.2) is 42.5 Å². The number of ether oxygens (including phenoxy) is 3. The van der Waals surface area contributed by atoms with Gasteiger partial charge in [-0.25, -0.2) is 0 Å². The zero-order chi connectivity index (χ0) is 24.2. The molecule has 0 unspecified atom stereocenters. The van der Waals surface area contributed by atoms with E-state index >= 15 is 0 Å². The third-order valence-electron chi connectivity index (χ3n) is 6.73. The molecule has 0 saturated carbocycles. The Kier molecular flexibility index (Phi) is 7.26. The van der Waals surface area contributed by atoms with E-state index in [-0.39, 0.29) is 25.2 Å². The lowest BCUT2D eigenvalue weighted by Crippen LogP contribution is -2.41. The smallest absolute Gasteiger partial charge is 0.309 e. The first-order valence-corrected chi connectivity index (χ1v) is 11.7. The largest absolute Gasteiger partial charge is 0.497 e. The summed E-state index contributed by atoms with van der Waals surface area (Å²) in [6.07, 6.45) is 0.872. The summed E-state index contributed by atoms with van der Waals surface area (Å²) >= 11 is 0. The summed E-state index contributed by atoms with van der Waals surface area (Å²) in [6.45, 7) is 6.07. The highest BCUT2D eigenvalue weighted by Crippen LogP contribution is 2.47. The van der Waals surface area contributed by atoms with Crippen LogP contribution in [0.25, 0.3) is 0 Å². The van der Waals surface area contributed by atoms with Crippen molar-refractivity contribution in [3.8, 4) is 17.2 Å². The Hall–Kier alpha value is -3.26. The van der Waals surface area contributed by atoms with Gasteiger partial charge in [0.15, 0.2) is 11.5 Å². The number of carboxylic acids is 1. The van der Waals surface area contributed by atoms with E-state index in [1.807, 2.05) is 66.1 Å². The molecule has 2 aromatic rings. The van der Waals surface area contributed by atoms with Crippen LogP contribution in [0.3, 0.4) is 0 Å². The van der Waals surface area contributed by atoms with Gasteiger partial charge in [0, 0.05) is 31.6 Å². The van der Waals surface area contributed by atoms with Gasteiger partial charge < -0.3 is 24.2 Å². The Morgan fingerprint density at radius 1 is 1.09 bits per heavy atom. The maximum Gasteiger partial charge on any atom is 0.309 e. The summed E-state index contributed by atoms with van der Waals surface area (Å²) in [6, 6.07) is 12.6. The molecule has 8 nitrogen and oxygen atoms in total. The highest BCUT2D eigenvalue weighted by Gasteiger charge is 2.48. The maximum absolute atomic E-state index is 13.2. The summed E-state index contributed by atoms with van der Waals surface area (Å²) in [7, 11) is 1.60. The van der Waals surface area contributed by atoms with E-state index in [0.717, 1.165) is 17.5 Å². The van der Waals surface area contributed by atoms with Crippen LogP contribution in [0, 0.1) is 5.92 Å². The molecule has 0 spiro atoms. The fourth-order valence-electron chi connectivity index (χ4n) is 5.08. The zero-order valence-corrected chi connectivity index (χ0v) is 19.9. The number of amides is 1. The molecule has 34 heavy (non-hydrogen) atoms. The minimum absolute atomic E-state index is 0.00890. The van der Waals surface area contributed by atoms with Gasteiger partial charge in [0.25, 0.3) is 0 Å². The van der Waals surface area contributed by atoms with Crippen LogP contribution < -0.4 is 14.2 Å². The lowest BCUT2D eigenvalue weighted by molar-refractivity contribution is -0.143. The minimum atomic E-state index is -0.890. The molecule has 0 bridgehead atoms. The average Bonchev–Trinajstić information content (AvgIpc) is 3.46. The van der Waals surface area contributed by atoms with Crippen molar-refractivity contribution in [1.82, 2.24) is 9.80 Å². The van der Waals surface area contributed by atoms with Crippen LogP contribution in [-0.2, 0) is 9.59 Å². The molecule has 0 aliphatic carbocycles. The van der Waals surface area contributed by atoms with Gasteiger partial charge >= 0.3 is 5.97 Å². The van der Waals surface area contributed by atoms with Crippen molar-refractivity contribution < 1.29 is 28.9 Å². The van der Waals surface area contributed by atoms with Crippen molar-refractivity contribution in [3.05, 3.63) is 53.6 Å². The van der Waals surface area contributed by atoms with E-state index < -0.39 is 17.9 Å². The fraction of sp³-hybridized carbons (Fsp3) is 0.462. The second-order valence-electron chi connectivity index (χ2n) is 8.70. The van der Waals surface area contributed by atoms with E-state index in [2.05, 4.69) is 0 Å². The first-order chi connectivity index (χ1) is 16.5. The normalized spacial score (nSPS) is 21.4. The molecule has 4 rings (SSSR count). The molecule has 0 aromatic heterocycles. The van der Waals surface area contributed by atoms with Gasteiger partial charge in [-0.15, -0.1) is 0 Å². The lowest BCUT2D eigenvalue weighted by atomic mass is 9.83. The van der Waals surface area contributed by atoms with E-state index in [4.69, 9.17) is 14.2 Å². The SMILES string of the molecule is CCCN(CC)C(=O)CN1C[C@H](c2ccc(OC)cc2)[C@H](C(=O)O)[C@H]1c1ccc2c(c1)OCO2. The van der Waals surface area contributed by atoms with Crippen molar-refractivity contribution in [2.45, 2.75) is 32.2 Å². The van der Waals surface area contributed by atoms with Gasteiger partial charge in [0.05, 0.1) is 19.6 Å². The number of carbonyl (C=O) groups is 2. The van der Waals surface area contributed by atoms with Crippen LogP contribution >= 0.6 is 0 Å². The molecule has 182 valence electrons. The number of hydrogen-bond donors (Lipinski definition) is 1. The summed E-state index contributed by atoms with van der Waals surface area (Å²) in [4.78, 5) is 29.6. The second-order valence-corrected chi connectivity index (χ2v) is 8.70. The maximum atomic E-state index is 13.2. The van der Waals surface area contributed by atoms with Gasteiger partial charge in [-0.1, -0.05) is 25.1 Å². The summed E-state index contributed by atoms with van der Waals surface area (Å²) in [5.41, 5.74) is 1.72. The van der Waals surface area contributed by atoms with Crippen LogP contribution in [0.4, 0.5) is 0 Å². The highest BCUT2D eigenvalue weighted by atomic mass is 16.7. The average molecular weight is 469 g/mol. The predicted octanol–water partition coefficient (Wildman–Crippen LogP) is 3.52. The number of nitrogens with zero attached hydrogens (tertiary/aromatic N) is 2. The standard InChI is InChI=1S/C26H32N2O6/c1-4-12-27(5-2)23(29)15-28-14-20(17-6-9-19(32-3)10-7-17)24(26(30)31)25(28)18-8-11-21-22(13-18)34-16-33-21/h6-11,13,20,24-25H,4-5,12,14-16H2,1-3H3,(H,30,31)/t20-,24+,25-/m1/s1. The van der Waals surface area contributed by atoms with Gasteiger partial charge in [-0.05, 0) is 48.7 Å². The summed E-state index contributed by atoms with van der Waals surface area (Å²) in [5.74, 6) is 0.0563. The Balaban J connectivity index is 1.71. The quantitative estimate of drug-likeness (QED) is 0.602. The number of likely N-dealkylation sites (tertiary alicyclic amines) is 1. The van der Waals surface area contributed by atoms with Crippen molar-refractivity contribution in [2.24, 2.45) is 5.92 Å². The molecule has 1 fully saturated rings.